The fourth-order valence-corrected chi connectivity index (χ4v) is 2.95. The molecule has 1 fully saturated rings. The Morgan fingerprint density at radius 1 is 1.15 bits per heavy atom. The number of pyridine rings is 1. The molecule has 0 radical (unpaired) electrons. The zero-order valence-corrected chi connectivity index (χ0v) is 15.2. The molecule has 0 N–H and O–H groups in total. The van der Waals surface area contributed by atoms with Crippen LogP contribution in [0.15, 0.2) is 54.9 Å². The second-order valence-electron chi connectivity index (χ2n) is 6.45. The van der Waals surface area contributed by atoms with E-state index in [1.54, 1.807) is 18.5 Å². The summed E-state index contributed by atoms with van der Waals surface area (Å²) in [6.45, 7) is 7.26. The van der Waals surface area contributed by atoms with Crippen molar-refractivity contribution < 1.29 is 9.53 Å². The van der Waals surface area contributed by atoms with Crippen LogP contribution in [-0.4, -0.2) is 55.2 Å². The largest absolute Gasteiger partial charge is 0.461 e. The van der Waals surface area contributed by atoms with Gasteiger partial charge in [0.25, 0.3) is 0 Å². The Bertz CT molecular complexity index is 721. The number of anilines is 1. The lowest BCUT2D eigenvalue weighted by Crippen LogP contribution is -2.47. The molecule has 0 amide bonds. The first-order chi connectivity index (χ1) is 12.7. The van der Waals surface area contributed by atoms with Crippen molar-refractivity contribution in [2.75, 3.05) is 44.2 Å². The van der Waals surface area contributed by atoms with E-state index in [-0.39, 0.29) is 5.97 Å². The predicted molar refractivity (Wildman–Crippen MR) is 104 cm³/mol. The Labute approximate surface area is 154 Å². The van der Waals surface area contributed by atoms with Gasteiger partial charge in [-0.3, -0.25) is 9.88 Å². The first-order valence-corrected chi connectivity index (χ1v) is 8.99. The van der Waals surface area contributed by atoms with Crippen molar-refractivity contribution in [3.63, 3.8) is 0 Å². The summed E-state index contributed by atoms with van der Waals surface area (Å²) in [4.78, 5) is 20.5. The Balaban J connectivity index is 1.35. The van der Waals surface area contributed by atoms with Crippen molar-refractivity contribution >= 4 is 17.7 Å². The molecule has 2 aromatic rings. The second-order valence-corrected chi connectivity index (χ2v) is 6.45. The summed E-state index contributed by atoms with van der Waals surface area (Å²) in [5, 5.41) is 0. The smallest absolute Gasteiger partial charge is 0.330 e. The van der Waals surface area contributed by atoms with Crippen LogP contribution in [0.4, 0.5) is 5.69 Å². The first kappa shape index (κ1) is 18.1. The number of nitrogens with zero attached hydrogens (tertiary/aromatic N) is 3. The standard InChI is InChI=1S/C21H25N3O2/c1-18-4-7-20(8-5-18)24-13-11-23(12-14-24)15-16-26-21(25)9-6-19-3-2-10-22-17-19/h2-10,17H,11-16H2,1H3. The van der Waals surface area contributed by atoms with Gasteiger partial charge < -0.3 is 9.64 Å². The molecule has 3 rings (SSSR count). The molecule has 136 valence electrons. The summed E-state index contributed by atoms with van der Waals surface area (Å²) < 4.78 is 5.29. The summed E-state index contributed by atoms with van der Waals surface area (Å²) >= 11 is 0. The molecule has 5 nitrogen and oxygen atoms in total. The first-order valence-electron chi connectivity index (χ1n) is 8.99. The number of piperazine rings is 1. The van der Waals surface area contributed by atoms with Crippen LogP contribution in [0.1, 0.15) is 11.1 Å². The van der Waals surface area contributed by atoms with Gasteiger partial charge in [0.1, 0.15) is 6.61 Å². The van der Waals surface area contributed by atoms with Gasteiger partial charge in [-0.2, -0.15) is 0 Å². The molecule has 0 bridgehead atoms. The Kier molecular flexibility index (Phi) is 6.39. The highest BCUT2D eigenvalue weighted by atomic mass is 16.5. The predicted octanol–water partition coefficient (Wildman–Crippen LogP) is 2.77. The van der Waals surface area contributed by atoms with E-state index >= 15 is 0 Å². The second kappa shape index (κ2) is 9.15. The van der Waals surface area contributed by atoms with Gasteiger partial charge in [0, 0.05) is 56.9 Å². The van der Waals surface area contributed by atoms with Gasteiger partial charge in [0.15, 0.2) is 0 Å². The van der Waals surface area contributed by atoms with Crippen LogP contribution < -0.4 is 4.90 Å². The number of rotatable bonds is 6. The molecule has 1 aliphatic heterocycles. The number of aryl methyl sites for hydroxylation is 1. The minimum Gasteiger partial charge on any atom is -0.461 e. The van der Waals surface area contributed by atoms with Gasteiger partial charge in [-0.05, 0) is 36.8 Å². The van der Waals surface area contributed by atoms with Crippen LogP contribution in [-0.2, 0) is 9.53 Å². The normalized spacial score (nSPS) is 15.3. The molecule has 1 aliphatic rings. The lowest BCUT2D eigenvalue weighted by atomic mass is 10.2. The number of carbonyl (C=O) groups is 1. The highest BCUT2D eigenvalue weighted by Gasteiger charge is 2.17. The van der Waals surface area contributed by atoms with E-state index < -0.39 is 0 Å². The molecule has 5 heteroatoms. The highest BCUT2D eigenvalue weighted by molar-refractivity contribution is 5.86. The zero-order valence-electron chi connectivity index (χ0n) is 15.2. The highest BCUT2D eigenvalue weighted by Crippen LogP contribution is 2.16. The Morgan fingerprint density at radius 3 is 2.62 bits per heavy atom. The molecule has 26 heavy (non-hydrogen) atoms. The van der Waals surface area contributed by atoms with Crippen molar-refractivity contribution in [2.24, 2.45) is 0 Å². The van der Waals surface area contributed by atoms with Crippen molar-refractivity contribution in [3.8, 4) is 0 Å². The lowest BCUT2D eigenvalue weighted by molar-refractivity contribution is -0.138. The molecule has 0 spiro atoms. The molecule has 2 heterocycles. The maximum Gasteiger partial charge on any atom is 0.330 e. The fourth-order valence-electron chi connectivity index (χ4n) is 2.95. The van der Waals surface area contributed by atoms with Crippen LogP contribution in [0, 0.1) is 6.92 Å². The molecule has 0 saturated carbocycles. The van der Waals surface area contributed by atoms with Crippen LogP contribution in [0.25, 0.3) is 6.08 Å². The van der Waals surface area contributed by atoms with Crippen molar-refractivity contribution in [2.45, 2.75) is 6.92 Å². The van der Waals surface area contributed by atoms with E-state index in [1.165, 1.54) is 17.3 Å². The van der Waals surface area contributed by atoms with E-state index in [1.807, 2.05) is 12.1 Å². The van der Waals surface area contributed by atoms with E-state index in [0.29, 0.717) is 6.61 Å². The summed E-state index contributed by atoms with van der Waals surface area (Å²) in [6, 6.07) is 12.4. The fraction of sp³-hybridized carbons (Fsp3) is 0.333. The molecular formula is C21H25N3O2. The van der Waals surface area contributed by atoms with Gasteiger partial charge in [-0.25, -0.2) is 4.79 Å². The number of aromatic nitrogens is 1. The third kappa shape index (κ3) is 5.43. The van der Waals surface area contributed by atoms with Crippen LogP contribution in [0.2, 0.25) is 0 Å². The van der Waals surface area contributed by atoms with Crippen molar-refractivity contribution in [1.82, 2.24) is 9.88 Å². The molecule has 1 aromatic carbocycles. The number of benzene rings is 1. The maximum absolute atomic E-state index is 11.8. The van der Waals surface area contributed by atoms with E-state index in [0.717, 1.165) is 38.3 Å². The SMILES string of the molecule is Cc1ccc(N2CCN(CCOC(=O)C=Cc3cccnc3)CC2)cc1. The average Bonchev–Trinajstić information content (AvgIpc) is 2.68. The summed E-state index contributed by atoms with van der Waals surface area (Å²) in [7, 11) is 0. The number of hydrogen-bond donors (Lipinski definition) is 0. The van der Waals surface area contributed by atoms with Crippen molar-refractivity contribution in [3.05, 3.63) is 66.0 Å². The number of carbonyl (C=O) groups excluding carboxylic acids is 1. The quantitative estimate of drug-likeness (QED) is 0.592. The summed E-state index contributed by atoms with van der Waals surface area (Å²) in [5.41, 5.74) is 3.45. The molecule has 1 aromatic heterocycles. The van der Waals surface area contributed by atoms with Gasteiger partial charge >= 0.3 is 5.97 Å². The van der Waals surface area contributed by atoms with Crippen LogP contribution >= 0.6 is 0 Å². The monoisotopic (exact) mass is 351 g/mol. The van der Waals surface area contributed by atoms with E-state index in [4.69, 9.17) is 4.74 Å². The Morgan fingerprint density at radius 2 is 1.92 bits per heavy atom. The maximum atomic E-state index is 11.8. The third-order valence-electron chi connectivity index (χ3n) is 4.52. The summed E-state index contributed by atoms with van der Waals surface area (Å²) in [5.74, 6) is -0.313. The molecule has 0 atom stereocenters. The average molecular weight is 351 g/mol. The summed E-state index contributed by atoms with van der Waals surface area (Å²) in [6.07, 6.45) is 6.58. The third-order valence-corrected chi connectivity index (χ3v) is 4.52. The van der Waals surface area contributed by atoms with Gasteiger partial charge in [-0.1, -0.05) is 23.8 Å². The minimum absolute atomic E-state index is 0.313. The topological polar surface area (TPSA) is 45.7 Å². The number of ether oxygens (including phenoxy) is 1. The Hall–Kier alpha value is -2.66. The molecule has 0 unspecified atom stereocenters. The lowest BCUT2D eigenvalue weighted by Gasteiger charge is -2.36. The van der Waals surface area contributed by atoms with Gasteiger partial charge in [0.05, 0.1) is 0 Å². The van der Waals surface area contributed by atoms with Gasteiger partial charge in [0.2, 0.25) is 0 Å². The van der Waals surface area contributed by atoms with Crippen molar-refractivity contribution in [1.29, 1.82) is 0 Å². The number of hydrogen-bond acceptors (Lipinski definition) is 5. The molecule has 0 aliphatic carbocycles. The van der Waals surface area contributed by atoms with Crippen LogP contribution in [0.5, 0.6) is 0 Å². The van der Waals surface area contributed by atoms with Crippen LogP contribution in [0.3, 0.4) is 0 Å². The van der Waals surface area contributed by atoms with E-state index in [9.17, 15) is 4.79 Å². The van der Waals surface area contributed by atoms with Gasteiger partial charge in [-0.15, -0.1) is 0 Å². The number of esters is 1. The van der Waals surface area contributed by atoms with E-state index in [2.05, 4.69) is 46.0 Å². The molecule has 1 saturated heterocycles. The zero-order chi connectivity index (χ0) is 18.2. The minimum atomic E-state index is -0.313. The molecular weight excluding hydrogens is 326 g/mol.